The van der Waals surface area contributed by atoms with Crippen LogP contribution in [0.15, 0.2) is 0 Å². The molecule has 0 saturated carbocycles. The van der Waals surface area contributed by atoms with Crippen LogP contribution in [0.5, 0.6) is 0 Å². The predicted octanol–water partition coefficient (Wildman–Crippen LogP) is -0.902. The van der Waals surface area contributed by atoms with Crippen molar-refractivity contribution in [3.05, 3.63) is 0 Å². The summed E-state index contributed by atoms with van der Waals surface area (Å²) in [6, 6.07) is 0. The monoisotopic (exact) mass is 345 g/mol. The second kappa shape index (κ2) is 28.0. The van der Waals surface area contributed by atoms with Crippen molar-refractivity contribution in [2.45, 2.75) is 40.8 Å². The van der Waals surface area contributed by atoms with Gasteiger partial charge < -0.3 is 30.3 Å². The summed E-state index contributed by atoms with van der Waals surface area (Å²) in [6.45, 7) is 5.92. The molecule has 0 fully saturated rings. The van der Waals surface area contributed by atoms with Crippen molar-refractivity contribution in [3.63, 3.8) is 0 Å². The van der Waals surface area contributed by atoms with Gasteiger partial charge >= 0.3 is 5.97 Å². The van der Waals surface area contributed by atoms with E-state index in [1.807, 2.05) is 0 Å². The normalized spacial score (nSPS) is 8.52. The van der Waals surface area contributed by atoms with Crippen LogP contribution in [0, 0.1) is 0 Å². The molecule has 11 heteroatoms. The van der Waals surface area contributed by atoms with Gasteiger partial charge in [-0.3, -0.25) is 24.9 Å². The van der Waals surface area contributed by atoms with E-state index in [0.717, 1.165) is 20.8 Å². The molecular weight excluding hydrogens is 318 g/mol. The topological polar surface area (TPSA) is 205 Å². The summed E-state index contributed by atoms with van der Waals surface area (Å²) < 4.78 is 4.39. The largest absolute Gasteiger partial charge is 0.481 e. The van der Waals surface area contributed by atoms with Crippen LogP contribution in [0.2, 0.25) is 0 Å². The van der Waals surface area contributed by atoms with Gasteiger partial charge in [-0.05, 0) is 6.92 Å². The summed E-state index contributed by atoms with van der Waals surface area (Å²) in [7, 11) is 0. The van der Waals surface area contributed by atoms with Crippen molar-refractivity contribution < 1.29 is 49.4 Å². The fourth-order valence-corrected chi connectivity index (χ4v) is 0.262. The first-order valence-corrected chi connectivity index (χ1v) is 5.97. The summed E-state index contributed by atoms with van der Waals surface area (Å²) >= 11 is 0. The molecule has 0 amide bonds. The SMILES string of the molecule is CC(=O)O.CC(=O)O.CC(=O)O.CC(=O)OC(C)N.OCCO. The summed E-state index contributed by atoms with van der Waals surface area (Å²) in [5, 5.41) is 37.5. The molecule has 140 valence electrons. The summed E-state index contributed by atoms with van der Waals surface area (Å²) in [6.07, 6.45) is -0.475. The minimum absolute atomic E-state index is 0.125. The molecule has 7 N–H and O–H groups in total. The van der Waals surface area contributed by atoms with Crippen molar-refractivity contribution in [3.8, 4) is 0 Å². The molecule has 0 aliphatic rings. The van der Waals surface area contributed by atoms with Crippen LogP contribution in [-0.2, 0) is 23.9 Å². The molecular formula is C12H27NO10. The molecule has 1 unspecified atom stereocenters. The Morgan fingerprint density at radius 3 is 1.00 bits per heavy atom. The van der Waals surface area contributed by atoms with E-state index in [9.17, 15) is 4.79 Å². The zero-order chi connectivity index (χ0) is 20.0. The highest BCUT2D eigenvalue weighted by Crippen LogP contribution is 1.78. The van der Waals surface area contributed by atoms with Crippen molar-refractivity contribution in [1.29, 1.82) is 0 Å². The molecule has 0 aliphatic carbocycles. The number of carbonyl (C=O) groups excluding carboxylic acids is 1. The number of carboxylic acid groups (broad SMARTS) is 3. The number of carboxylic acids is 3. The molecule has 0 aromatic heterocycles. The van der Waals surface area contributed by atoms with Gasteiger partial charge in [0.1, 0.15) is 6.23 Å². The van der Waals surface area contributed by atoms with Gasteiger partial charge in [-0.15, -0.1) is 0 Å². The molecule has 0 spiro atoms. The molecule has 0 saturated heterocycles. The number of ether oxygens (including phenoxy) is 1. The van der Waals surface area contributed by atoms with Crippen LogP contribution in [0.3, 0.4) is 0 Å². The smallest absolute Gasteiger partial charge is 0.304 e. The molecule has 0 aliphatic heterocycles. The zero-order valence-corrected chi connectivity index (χ0v) is 13.8. The highest BCUT2D eigenvalue weighted by molar-refractivity contribution is 5.66. The number of carbonyl (C=O) groups is 4. The summed E-state index contributed by atoms with van der Waals surface area (Å²) in [4.78, 5) is 37.0. The molecule has 1 atom stereocenters. The number of rotatable bonds is 2. The number of esters is 1. The van der Waals surface area contributed by atoms with Gasteiger partial charge in [-0.2, -0.15) is 0 Å². The quantitative estimate of drug-likeness (QED) is 0.267. The van der Waals surface area contributed by atoms with E-state index < -0.39 is 24.1 Å². The third kappa shape index (κ3) is 818. The van der Waals surface area contributed by atoms with Crippen molar-refractivity contribution in [2.75, 3.05) is 13.2 Å². The van der Waals surface area contributed by atoms with E-state index in [1.54, 1.807) is 6.92 Å². The first kappa shape index (κ1) is 32.6. The third-order valence-corrected chi connectivity index (χ3v) is 0.452. The van der Waals surface area contributed by atoms with Gasteiger partial charge in [0.15, 0.2) is 0 Å². The van der Waals surface area contributed by atoms with E-state index >= 15 is 0 Å². The lowest BCUT2D eigenvalue weighted by Crippen LogP contribution is -2.21. The molecule has 11 nitrogen and oxygen atoms in total. The Labute approximate surface area is 134 Å². The summed E-state index contributed by atoms with van der Waals surface area (Å²) in [5.74, 6) is -2.84. The number of aliphatic carboxylic acids is 3. The van der Waals surface area contributed by atoms with Crippen LogP contribution < -0.4 is 5.73 Å². The maximum absolute atomic E-state index is 9.95. The van der Waals surface area contributed by atoms with Crippen LogP contribution in [0.4, 0.5) is 0 Å². The lowest BCUT2D eigenvalue weighted by atomic mass is 10.7. The van der Waals surface area contributed by atoms with Gasteiger partial charge in [0.25, 0.3) is 17.9 Å². The van der Waals surface area contributed by atoms with E-state index in [0.29, 0.717) is 0 Å². The Balaban J connectivity index is -0.0000000604. The van der Waals surface area contributed by atoms with Crippen molar-refractivity contribution in [2.24, 2.45) is 5.73 Å². The Bertz CT molecular complexity index is 262. The second-order valence-corrected chi connectivity index (χ2v) is 3.32. The van der Waals surface area contributed by atoms with Gasteiger partial charge in [-0.1, -0.05) is 0 Å². The van der Waals surface area contributed by atoms with Gasteiger partial charge in [-0.25, -0.2) is 0 Å². The van der Waals surface area contributed by atoms with E-state index in [4.69, 9.17) is 45.6 Å². The minimum atomic E-state index is -0.833. The minimum Gasteiger partial charge on any atom is -0.481 e. The van der Waals surface area contributed by atoms with E-state index in [-0.39, 0.29) is 19.2 Å². The van der Waals surface area contributed by atoms with Crippen LogP contribution in [0.1, 0.15) is 34.6 Å². The van der Waals surface area contributed by atoms with E-state index in [1.165, 1.54) is 6.92 Å². The summed E-state index contributed by atoms with van der Waals surface area (Å²) in [5.41, 5.74) is 5.05. The molecule has 0 rings (SSSR count). The maximum atomic E-state index is 9.95. The lowest BCUT2D eigenvalue weighted by molar-refractivity contribution is -0.145. The Kier molecular flexibility index (Phi) is 39.7. The third-order valence-electron chi connectivity index (χ3n) is 0.452. The van der Waals surface area contributed by atoms with Crippen LogP contribution >= 0.6 is 0 Å². The van der Waals surface area contributed by atoms with Crippen LogP contribution in [0.25, 0.3) is 0 Å². The second-order valence-electron chi connectivity index (χ2n) is 3.32. The van der Waals surface area contributed by atoms with Crippen molar-refractivity contribution >= 4 is 23.9 Å². The first-order valence-electron chi connectivity index (χ1n) is 5.97. The fraction of sp³-hybridized carbons (Fsp3) is 0.667. The van der Waals surface area contributed by atoms with E-state index in [2.05, 4.69) is 4.74 Å². The number of nitrogens with two attached hydrogens (primary N) is 1. The van der Waals surface area contributed by atoms with Gasteiger partial charge in [0.2, 0.25) is 0 Å². The maximum Gasteiger partial charge on any atom is 0.304 e. The number of hydrogen-bond donors (Lipinski definition) is 6. The van der Waals surface area contributed by atoms with Gasteiger partial charge in [0, 0.05) is 27.7 Å². The highest BCUT2D eigenvalue weighted by atomic mass is 16.5. The molecule has 0 aromatic carbocycles. The number of aliphatic hydroxyl groups excluding tert-OH is 2. The Morgan fingerprint density at radius 2 is 1.00 bits per heavy atom. The van der Waals surface area contributed by atoms with Gasteiger partial charge in [0.05, 0.1) is 13.2 Å². The molecule has 0 heterocycles. The number of hydrogen-bond acceptors (Lipinski definition) is 8. The zero-order valence-electron chi connectivity index (χ0n) is 13.8. The molecule has 0 radical (unpaired) electrons. The first-order chi connectivity index (χ1) is 10.2. The highest BCUT2D eigenvalue weighted by Gasteiger charge is 1.93. The lowest BCUT2D eigenvalue weighted by Gasteiger charge is -2.02. The Hall–Kier alpha value is -2.24. The standard InChI is InChI=1S/C4H9NO2.3C2H4O2.C2H6O2/c1-3(5)7-4(2)6;3*1-2(3)4;3-1-2-4/h3H,5H2,1-2H3;3*1H3,(H,3,4);3-4H,1-2H2. The fourth-order valence-electron chi connectivity index (χ4n) is 0.262. The van der Waals surface area contributed by atoms with Crippen molar-refractivity contribution in [1.82, 2.24) is 0 Å². The average Bonchev–Trinajstić information content (AvgIpc) is 2.24. The molecule has 0 aromatic rings. The molecule has 0 bridgehead atoms. The van der Waals surface area contributed by atoms with Crippen LogP contribution in [-0.4, -0.2) is 68.9 Å². The average molecular weight is 345 g/mol. The number of aliphatic hydroxyl groups is 2. The molecule has 23 heavy (non-hydrogen) atoms. The Morgan fingerprint density at radius 1 is 0.826 bits per heavy atom. The predicted molar refractivity (Wildman–Crippen MR) is 79.5 cm³/mol.